The highest BCUT2D eigenvalue weighted by atomic mass is 79.9. The Morgan fingerprint density at radius 1 is 1.35 bits per heavy atom. The van der Waals surface area contributed by atoms with E-state index in [0.29, 0.717) is 12.2 Å². The van der Waals surface area contributed by atoms with Crippen LogP contribution in [0.4, 0.5) is 0 Å². The molecule has 2 aromatic rings. The quantitative estimate of drug-likeness (QED) is 0.901. The molecule has 0 fully saturated rings. The van der Waals surface area contributed by atoms with Crippen molar-refractivity contribution in [1.29, 1.82) is 0 Å². The SMILES string of the molecule is O=C(O)CCc1nc(-c2ccc3c(c2)CCC3)c(Br)[nH]1. The predicted octanol–water partition coefficient (Wildman–Crippen LogP) is 3.35. The van der Waals surface area contributed by atoms with Gasteiger partial charge in [0.25, 0.3) is 0 Å². The van der Waals surface area contributed by atoms with Crippen molar-refractivity contribution in [2.24, 2.45) is 0 Å². The van der Waals surface area contributed by atoms with Crippen molar-refractivity contribution in [3.63, 3.8) is 0 Å². The highest BCUT2D eigenvalue weighted by molar-refractivity contribution is 9.10. The van der Waals surface area contributed by atoms with E-state index in [1.165, 1.54) is 24.0 Å². The van der Waals surface area contributed by atoms with Crippen molar-refractivity contribution < 1.29 is 9.90 Å². The molecule has 2 N–H and O–H groups in total. The Morgan fingerprint density at radius 2 is 2.15 bits per heavy atom. The van der Waals surface area contributed by atoms with Crippen molar-refractivity contribution >= 4 is 21.9 Å². The standard InChI is InChI=1S/C15H15BrN2O2/c16-15-14(17-12(18-15)6-7-13(19)20)11-5-4-9-2-1-3-10(9)8-11/h4-5,8H,1-3,6-7H2,(H,17,18)(H,19,20). The number of carboxylic acids is 1. The second-order valence-corrected chi connectivity index (χ2v) is 5.87. The Morgan fingerprint density at radius 3 is 2.95 bits per heavy atom. The van der Waals surface area contributed by atoms with Crippen LogP contribution < -0.4 is 0 Å². The van der Waals surface area contributed by atoms with Crippen molar-refractivity contribution in [3.05, 3.63) is 39.8 Å². The van der Waals surface area contributed by atoms with Gasteiger partial charge in [0.1, 0.15) is 16.1 Å². The van der Waals surface area contributed by atoms with Gasteiger partial charge in [-0.15, -0.1) is 0 Å². The van der Waals surface area contributed by atoms with Crippen molar-refractivity contribution in [1.82, 2.24) is 9.97 Å². The van der Waals surface area contributed by atoms with Crippen LogP contribution in [0.5, 0.6) is 0 Å². The first-order valence-corrected chi connectivity index (χ1v) is 7.51. The Labute approximate surface area is 125 Å². The minimum atomic E-state index is -0.809. The molecule has 0 saturated heterocycles. The summed E-state index contributed by atoms with van der Waals surface area (Å²) in [5.41, 5.74) is 4.78. The van der Waals surface area contributed by atoms with Gasteiger partial charge in [-0.05, 0) is 52.4 Å². The van der Waals surface area contributed by atoms with Crippen molar-refractivity contribution in [3.8, 4) is 11.3 Å². The molecule has 0 bridgehead atoms. The number of nitrogens with zero attached hydrogens (tertiary/aromatic N) is 1. The van der Waals surface area contributed by atoms with Crippen LogP contribution in [-0.4, -0.2) is 21.0 Å². The van der Waals surface area contributed by atoms with Crippen LogP contribution in [-0.2, 0) is 24.1 Å². The van der Waals surface area contributed by atoms with Gasteiger partial charge in [-0.1, -0.05) is 12.1 Å². The first-order chi connectivity index (χ1) is 9.63. The monoisotopic (exact) mass is 334 g/mol. The van der Waals surface area contributed by atoms with E-state index >= 15 is 0 Å². The van der Waals surface area contributed by atoms with Gasteiger partial charge in [-0.25, -0.2) is 4.98 Å². The molecule has 1 aliphatic rings. The summed E-state index contributed by atoms with van der Waals surface area (Å²) in [5.74, 6) is -0.105. The first kappa shape index (κ1) is 13.4. The molecule has 1 aliphatic carbocycles. The molecule has 20 heavy (non-hydrogen) atoms. The molecule has 3 rings (SSSR count). The van der Waals surface area contributed by atoms with Crippen LogP contribution in [0.3, 0.4) is 0 Å². The van der Waals surface area contributed by atoms with Crippen molar-refractivity contribution in [2.75, 3.05) is 0 Å². The van der Waals surface area contributed by atoms with Gasteiger partial charge < -0.3 is 10.1 Å². The molecule has 0 amide bonds. The fraction of sp³-hybridized carbons (Fsp3) is 0.333. The zero-order valence-corrected chi connectivity index (χ0v) is 12.5. The largest absolute Gasteiger partial charge is 0.481 e. The smallest absolute Gasteiger partial charge is 0.303 e. The number of aryl methyl sites for hydroxylation is 3. The average molecular weight is 335 g/mol. The minimum absolute atomic E-state index is 0.0869. The molecule has 0 saturated carbocycles. The predicted molar refractivity (Wildman–Crippen MR) is 79.7 cm³/mol. The lowest BCUT2D eigenvalue weighted by atomic mass is 10.0. The van der Waals surface area contributed by atoms with E-state index < -0.39 is 5.97 Å². The summed E-state index contributed by atoms with van der Waals surface area (Å²) in [7, 11) is 0. The minimum Gasteiger partial charge on any atom is -0.481 e. The second kappa shape index (κ2) is 5.40. The highest BCUT2D eigenvalue weighted by Gasteiger charge is 2.15. The molecule has 0 unspecified atom stereocenters. The number of carbonyl (C=O) groups is 1. The number of nitrogens with one attached hydrogen (secondary N) is 1. The summed E-state index contributed by atoms with van der Waals surface area (Å²) < 4.78 is 0.816. The van der Waals surface area contributed by atoms with E-state index in [1.807, 2.05) is 0 Å². The number of H-pyrrole nitrogens is 1. The number of hydrogen-bond donors (Lipinski definition) is 2. The maximum atomic E-state index is 10.6. The van der Waals surface area contributed by atoms with Crippen LogP contribution in [0.2, 0.25) is 0 Å². The second-order valence-electron chi connectivity index (χ2n) is 5.08. The summed E-state index contributed by atoms with van der Waals surface area (Å²) in [6.07, 6.45) is 4.03. The third kappa shape index (κ3) is 2.63. The van der Waals surface area contributed by atoms with E-state index in [2.05, 4.69) is 44.1 Å². The van der Waals surface area contributed by atoms with Gasteiger partial charge >= 0.3 is 5.97 Å². The zero-order chi connectivity index (χ0) is 14.1. The van der Waals surface area contributed by atoms with Crippen LogP contribution >= 0.6 is 15.9 Å². The Balaban J connectivity index is 1.88. The van der Waals surface area contributed by atoms with Gasteiger partial charge in [-0.2, -0.15) is 0 Å². The summed E-state index contributed by atoms with van der Waals surface area (Å²) >= 11 is 3.48. The van der Waals surface area contributed by atoms with E-state index in [9.17, 15) is 4.79 Å². The molecule has 4 nitrogen and oxygen atoms in total. The maximum Gasteiger partial charge on any atom is 0.303 e. The summed E-state index contributed by atoms with van der Waals surface area (Å²) in [5, 5.41) is 8.72. The van der Waals surface area contributed by atoms with Gasteiger partial charge in [0.15, 0.2) is 0 Å². The third-order valence-electron chi connectivity index (χ3n) is 3.66. The topological polar surface area (TPSA) is 66.0 Å². The molecule has 104 valence electrons. The van der Waals surface area contributed by atoms with Crippen LogP contribution in [0, 0.1) is 0 Å². The van der Waals surface area contributed by atoms with Crippen LogP contribution in [0.1, 0.15) is 29.8 Å². The number of aromatic nitrogens is 2. The number of imidazole rings is 1. The number of hydrogen-bond acceptors (Lipinski definition) is 2. The van der Waals surface area contributed by atoms with Gasteiger partial charge in [0.05, 0.1) is 6.42 Å². The van der Waals surface area contributed by atoms with E-state index in [-0.39, 0.29) is 6.42 Å². The lowest BCUT2D eigenvalue weighted by Crippen LogP contribution is -1.98. The maximum absolute atomic E-state index is 10.6. The number of aliphatic carboxylic acids is 1. The Kier molecular flexibility index (Phi) is 3.61. The summed E-state index contributed by atoms with van der Waals surface area (Å²) in [6, 6.07) is 6.46. The lowest BCUT2D eigenvalue weighted by molar-refractivity contribution is -0.137. The van der Waals surface area contributed by atoms with Gasteiger partial charge in [0, 0.05) is 12.0 Å². The van der Waals surface area contributed by atoms with E-state index in [0.717, 1.165) is 22.3 Å². The Bertz CT molecular complexity index is 664. The van der Waals surface area contributed by atoms with E-state index in [1.54, 1.807) is 0 Å². The number of fused-ring (bicyclic) bond motifs is 1. The molecule has 0 aliphatic heterocycles. The number of benzene rings is 1. The van der Waals surface area contributed by atoms with Gasteiger partial charge in [0.2, 0.25) is 0 Å². The van der Waals surface area contributed by atoms with E-state index in [4.69, 9.17) is 5.11 Å². The highest BCUT2D eigenvalue weighted by Crippen LogP contribution is 2.31. The molecule has 0 radical (unpaired) electrons. The fourth-order valence-electron chi connectivity index (χ4n) is 2.65. The third-order valence-corrected chi connectivity index (χ3v) is 4.23. The average Bonchev–Trinajstić information content (AvgIpc) is 3.01. The lowest BCUT2D eigenvalue weighted by Gasteiger charge is -2.02. The number of rotatable bonds is 4. The molecule has 0 spiro atoms. The van der Waals surface area contributed by atoms with Crippen molar-refractivity contribution in [2.45, 2.75) is 32.1 Å². The molecule has 5 heteroatoms. The van der Waals surface area contributed by atoms with Crippen LogP contribution in [0.15, 0.2) is 22.8 Å². The molecule has 1 aromatic carbocycles. The fourth-order valence-corrected chi connectivity index (χ4v) is 3.20. The molecular weight excluding hydrogens is 320 g/mol. The molecular formula is C15H15BrN2O2. The zero-order valence-electron chi connectivity index (χ0n) is 10.9. The number of carboxylic acid groups (broad SMARTS) is 1. The van der Waals surface area contributed by atoms with Crippen LogP contribution in [0.25, 0.3) is 11.3 Å². The first-order valence-electron chi connectivity index (χ1n) is 6.72. The number of aromatic amines is 1. The summed E-state index contributed by atoms with van der Waals surface area (Å²) in [4.78, 5) is 18.2. The molecule has 0 atom stereocenters. The normalized spacial score (nSPS) is 13.4. The Hall–Kier alpha value is -1.62. The van der Waals surface area contributed by atoms with Gasteiger partial charge in [-0.3, -0.25) is 4.79 Å². The molecule has 1 aromatic heterocycles. The summed E-state index contributed by atoms with van der Waals surface area (Å²) in [6.45, 7) is 0. The number of halogens is 1. The molecule has 1 heterocycles.